The minimum atomic E-state index is -4.81. The van der Waals surface area contributed by atoms with Crippen LogP contribution in [0.15, 0.2) is 0 Å². The Balaban J connectivity index is 1.64. The van der Waals surface area contributed by atoms with Crippen molar-refractivity contribution >= 4 is 22.3 Å². The third-order valence-corrected chi connectivity index (χ3v) is 11.4. The molecule has 9 nitrogen and oxygen atoms in total. The number of carboxylic acid groups (broad SMARTS) is 1. The molecule has 0 aromatic heterocycles. The molecule has 0 radical (unpaired) electrons. The molecule has 0 saturated heterocycles. The average Bonchev–Trinajstić information content (AvgIpc) is 3.11. The second kappa shape index (κ2) is 9.82. The van der Waals surface area contributed by atoms with Crippen molar-refractivity contribution in [2.24, 2.45) is 46.3 Å². The first-order chi connectivity index (χ1) is 16.7. The van der Waals surface area contributed by atoms with Crippen LogP contribution in [-0.2, 0) is 28.9 Å². The Hall–Kier alpha value is -1.23. The zero-order valence-electron chi connectivity index (χ0n) is 21.7. The molecule has 206 valence electrons. The number of hydrogen-bond acceptors (Lipinski definition) is 9. The summed E-state index contributed by atoms with van der Waals surface area (Å²) in [4.78, 5) is 23.2. The van der Waals surface area contributed by atoms with Crippen molar-refractivity contribution < 1.29 is 41.7 Å². The summed E-state index contributed by atoms with van der Waals surface area (Å²) in [6.45, 7) is 7.80. The van der Waals surface area contributed by atoms with Gasteiger partial charge in [-0.1, -0.05) is 20.8 Å². The number of fused-ring (bicyclic) bond motifs is 5. The SMILES string of the molecule is CC(=O)O[C@@H]1C[C@@H]2C[C@H](OS(=O)(=O)[O-])CC[C@]2(C)[C@H]2C[C@H](O)[C@]3(C)[C@@H]([C@H](C)CCC(=O)[O-])CC[C@H]3[C@H]12. The summed E-state index contributed by atoms with van der Waals surface area (Å²) in [5, 5.41) is 22.7. The summed E-state index contributed by atoms with van der Waals surface area (Å²) in [6.07, 6.45) is 3.32. The van der Waals surface area contributed by atoms with E-state index in [4.69, 9.17) is 8.92 Å². The molecule has 0 amide bonds. The van der Waals surface area contributed by atoms with Crippen LogP contribution in [0, 0.1) is 46.3 Å². The quantitative estimate of drug-likeness (QED) is 0.297. The maximum absolute atomic E-state index is 12.2. The van der Waals surface area contributed by atoms with E-state index in [2.05, 4.69) is 20.8 Å². The first-order valence-electron chi connectivity index (χ1n) is 13.4. The molecule has 0 aromatic carbocycles. The van der Waals surface area contributed by atoms with Crippen LogP contribution in [0.4, 0.5) is 0 Å². The molecule has 0 aliphatic heterocycles. The number of esters is 1. The number of aliphatic hydroxyl groups is 1. The fourth-order valence-electron chi connectivity index (χ4n) is 9.23. The Morgan fingerprint density at radius 3 is 2.42 bits per heavy atom. The van der Waals surface area contributed by atoms with Gasteiger partial charge in [-0.3, -0.25) is 8.98 Å². The van der Waals surface area contributed by atoms with Crippen LogP contribution in [0.2, 0.25) is 0 Å². The van der Waals surface area contributed by atoms with E-state index in [0.29, 0.717) is 38.5 Å². The molecule has 0 heterocycles. The zero-order valence-corrected chi connectivity index (χ0v) is 22.5. The normalized spacial score (nSPS) is 45.2. The molecular formula is C26H40O9S-2. The van der Waals surface area contributed by atoms with Crippen LogP contribution in [0.1, 0.15) is 85.5 Å². The van der Waals surface area contributed by atoms with Crippen LogP contribution in [-0.4, -0.2) is 48.3 Å². The van der Waals surface area contributed by atoms with Crippen LogP contribution >= 0.6 is 0 Å². The van der Waals surface area contributed by atoms with Gasteiger partial charge >= 0.3 is 5.97 Å². The van der Waals surface area contributed by atoms with Crippen LogP contribution in [0.3, 0.4) is 0 Å². The molecule has 4 aliphatic carbocycles. The lowest BCUT2D eigenvalue weighted by Gasteiger charge is -2.64. The topological polar surface area (TPSA) is 153 Å². The van der Waals surface area contributed by atoms with Crippen molar-refractivity contribution in [2.75, 3.05) is 0 Å². The second-order valence-corrected chi connectivity index (χ2v) is 13.5. The van der Waals surface area contributed by atoms with Crippen molar-refractivity contribution in [1.82, 2.24) is 0 Å². The lowest BCUT2D eigenvalue weighted by molar-refractivity contribution is -0.306. The standard InChI is InChI=1S/C26H42O9S/c1-14(5-8-23(29)30)18-6-7-19-24-20(13-22(28)26(18,19)4)25(3)10-9-17(35-36(31,32)33)11-16(25)12-21(24)34-15(2)27/h14,16-22,24,28H,5-13H2,1-4H3,(H,29,30)(H,31,32,33)/p-2/t14-,16+,17-,18-,19+,20+,21-,22+,24+,25+,26-/m1/s1. The molecule has 4 aliphatic rings. The van der Waals surface area contributed by atoms with Gasteiger partial charge in [0.15, 0.2) is 0 Å². The lowest BCUT2D eigenvalue weighted by atomic mass is 9.43. The monoisotopic (exact) mass is 528 g/mol. The summed E-state index contributed by atoms with van der Waals surface area (Å²) in [6, 6.07) is 0. The van der Waals surface area contributed by atoms with Crippen molar-refractivity contribution in [3.8, 4) is 0 Å². The van der Waals surface area contributed by atoms with E-state index in [0.717, 1.165) is 12.8 Å². The molecular weight excluding hydrogens is 488 g/mol. The number of aliphatic hydroxyl groups excluding tert-OH is 1. The van der Waals surface area contributed by atoms with Crippen molar-refractivity contribution in [2.45, 2.75) is 104 Å². The maximum atomic E-state index is 12.2. The van der Waals surface area contributed by atoms with Gasteiger partial charge < -0.3 is 24.3 Å². The minimum Gasteiger partial charge on any atom is -0.726 e. The number of ether oxygens (including phenoxy) is 1. The van der Waals surface area contributed by atoms with E-state index in [9.17, 15) is 32.8 Å². The molecule has 11 atom stereocenters. The van der Waals surface area contributed by atoms with E-state index in [1.807, 2.05) is 0 Å². The fourth-order valence-corrected chi connectivity index (χ4v) is 9.73. The molecule has 0 unspecified atom stereocenters. The summed E-state index contributed by atoms with van der Waals surface area (Å²) >= 11 is 0. The van der Waals surface area contributed by atoms with Gasteiger partial charge in [0.05, 0.1) is 12.2 Å². The first kappa shape index (κ1) is 27.8. The number of rotatable bonds is 7. The van der Waals surface area contributed by atoms with Crippen molar-refractivity contribution in [3.63, 3.8) is 0 Å². The third kappa shape index (κ3) is 4.95. The number of aliphatic carboxylic acids is 1. The Morgan fingerprint density at radius 2 is 1.81 bits per heavy atom. The molecule has 4 rings (SSSR count). The summed E-state index contributed by atoms with van der Waals surface area (Å²) in [7, 11) is -4.81. The van der Waals surface area contributed by atoms with Gasteiger partial charge in [-0.15, -0.1) is 0 Å². The molecule has 10 heteroatoms. The van der Waals surface area contributed by atoms with Gasteiger partial charge in [-0.2, -0.15) is 0 Å². The van der Waals surface area contributed by atoms with Gasteiger partial charge in [0.1, 0.15) is 6.10 Å². The minimum absolute atomic E-state index is 0.000605. The zero-order chi connectivity index (χ0) is 26.6. The first-order valence-corrected chi connectivity index (χ1v) is 14.7. The van der Waals surface area contributed by atoms with E-state index in [1.165, 1.54) is 6.92 Å². The number of carbonyl (C=O) groups excluding carboxylic acids is 2. The van der Waals surface area contributed by atoms with Crippen LogP contribution in [0.5, 0.6) is 0 Å². The highest BCUT2D eigenvalue weighted by Crippen LogP contribution is 2.68. The molecule has 4 saturated carbocycles. The van der Waals surface area contributed by atoms with Crippen molar-refractivity contribution in [3.05, 3.63) is 0 Å². The Labute approximate surface area is 214 Å². The van der Waals surface area contributed by atoms with Crippen LogP contribution in [0.25, 0.3) is 0 Å². The molecule has 4 fully saturated rings. The van der Waals surface area contributed by atoms with Gasteiger partial charge in [-0.25, -0.2) is 8.42 Å². The number of carbonyl (C=O) groups is 2. The van der Waals surface area contributed by atoms with Crippen molar-refractivity contribution in [1.29, 1.82) is 0 Å². The number of carboxylic acids is 1. The average molecular weight is 529 g/mol. The van der Waals surface area contributed by atoms with Gasteiger partial charge in [-0.05, 0) is 98.2 Å². The second-order valence-electron chi connectivity index (χ2n) is 12.5. The molecule has 0 aromatic rings. The summed E-state index contributed by atoms with van der Waals surface area (Å²) < 4.78 is 44.5. The maximum Gasteiger partial charge on any atom is 0.302 e. The predicted octanol–water partition coefficient (Wildman–Crippen LogP) is 2.17. The van der Waals surface area contributed by atoms with Gasteiger partial charge in [0.25, 0.3) is 0 Å². The lowest BCUT2D eigenvalue weighted by Crippen LogP contribution is -2.63. The van der Waals surface area contributed by atoms with E-state index >= 15 is 0 Å². The Morgan fingerprint density at radius 1 is 1.11 bits per heavy atom. The predicted molar refractivity (Wildman–Crippen MR) is 126 cm³/mol. The summed E-state index contributed by atoms with van der Waals surface area (Å²) in [5.41, 5.74) is -0.611. The highest BCUT2D eigenvalue weighted by Gasteiger charge is 2.66. The van der Waals surface area contributed by atoms with Gasteiger partial charge in [0.2, 0.25) is 10.4 Å². The van der Waals surface area contributed by atoms with Crippen LogP contribution < -0.4 is 5.11 Å². The highest BCUT2D eigenvalue weighted by molar-refractivity contribution is 7.80. The highest BCUT2D eigenvalue weighted by atomic mass is 32.3. The third-order valence-electron chi connectivity index (χ3n) is 10.9. The molecule has 36 heavy (non-hydrogen) atoms. The Kier molecular flexibility index (Phi) is 7.58. The van der Waals surface area contributed by atoms with E-state index in [-0.39, 0.29) is 59.4 Å². The van der Waals surface area contributed by atoms with Gasteiger partial charge in [0, 0.05) is 18.8 Å². The fraction of sp³-hybridized carbons (Fsp3) is 0.923. The molecule has 0 bridgehead atoms. The summed E-state index contributed by atoms with van der Waals surface area (Å²) in [5.74, 6) is -0.885. The molecule has 1 N–H and O–H groups in total. The smallest absolute Gasteiger partial charge is 0.302 e. The van der Waals surface area contributed by atoms with E-state index in [1.54, 1.807) is 0 Å². The molecule has 0 spiro atoms. The number of hydrogen-bond donors (Lipinski definition) is 1. The van der Waals surface area contributed by atoms with E-state index < -0.39 is 34.0 Å². The Bertz CT molecular complexity index is 966. The largest absolute Gasteiger partial charge is 0.726 e.